The van der Waals surface area contributed by atoms with E-state index in [0.717, 1.165) is 0 Å². The molecule has 1 aromatic rings. The number of alkyl halides is 9. The quantitative estimate of drug-likeness (QED) is 0.440. The van der Waals surface area contributed by atoms with Gasteiger partial charge in [0.25, 0.3) is 0 Å². The second kappa shape index (κ2) is 7.31. The Balaban J connectivity index is 0.00000625. The minimum absolute atomic E-state index is 0. The first-order valence-corrected chi connectivity index (χ1v) is 8.25. The third-order valence-corrected chi connectivity index (χ3v) is 5.33. The zero-order chi connectivity index (χ0) is 20.1. The van der Waals surface area contributed by atoms with Crippen LogP contribution >= 0.6 is 0 Å². The molecule has 5 nitrogen and oxygen atoms in total. The van der Waals surface area contributed by atoms with Gasteiger partial charge in [-0.1, -0.05) is 0 Å². The van der Waals surface area contributed by atoms with Gasteiger partial charge in [0, 0.05) is 0 Å². The molecule has 0 aromatic heterocycles. The van der Waals surface area contributed by atoms with Crippen LogP contribution in [0.15, 0.2) is 23.1 Å². The molecule has 0 fully saturated rings. The van der Waals surface area contributed by atoms with E-state index in [0.29, 0.717) is 0 Å². The molecule has 0 aliphatic rings. The largest absolute Gasteiger partial charge is 1.00 e. The van der Waals surface area contributed by atoms with Gasteiger partial charge >= 0.3 is 40.2 Å². The van der Waals surface area contributed by atoms with Crippen LogP contribution in [0.2, 0.25) is 0 Å². The molecule has 0 N–H and O–H groups in total. The predicted molar refractivity (Wildman–Crippen MR) is 62.0 cm³/mol. The normalized spacial score (nSPS) is 14.0. The second-order valence-corrected chi connectivity index (χ2v) is 7.64. The van der Waals surface area contributed by atoms with Gasteiger partial charge in [-0.3, -0.25) is 0 Å². The molecule has 0 spiro atoms. The van der Waals surface area contributed by atoms with E-state index in [1.807, 2.05) is 0 Å². The Labute approximate surface area is 155 Å². The maximum absolute atomic E-state index is 12.6. The van der Waals surface area contributed by atoms with E-state index in [2.05, 4.69) is 0 Å². The monoisotopic (exact) mass is 531 g/mol. The first-order chi connectivity index (χ1) is 10.8. The fourth-order valence-electron chi connectivity index (χ4n) is 1.29. The molecule has 17 heteroatoms. The topological polar surface area (TPSA) is 82.4 Å². The molecule has 0 aliphatic carbocycles. The first-order valence-electron chi connectivity index (χ1n) is 5.37. The average Bonchev–Trinajstić information content (AvgIpc) is 2.33. The van der Waals surface area contributed by atoms with Crippen LogP contribution in [-0.4, -0.2) is 22.3 Å². The Morgan fingerprint density at radius 1 is 0.692 bits per heavy atom. The van der Waals surface area contributed by atoms with Gasteiger partial charge in [-0.15, -0.1) is 0 Å². The van der Waals surface area contributed by atoms with Gasteiger partial charge in [-0.2, -0.15) is 39.5 Å². The van der Waals surface area contributed by atoms with Gasteiger partial charge in [0.1, 0.15) is 10.0 Å². The predicted octanol–water partition coefficient (Wildman–Crippen LogP) is 3.63. The molecule has 0 aliphatic heterocycles. The molecule has 26 heavy (non-hydrogen) atoms. The summed E-state index contributed by atoms with van der Waals surface area (Å²) in [6.07, 6.45) is -11.0. The molecule has 0 unspecified atom stereocenters. The minimum atomic E-state index is -6.73. The van der Waals surface area contributed by atoms with Crippen molar-refractivity contribution in [3.63, 3.8) is 0 Å². The third-order valence-electron chi connectivity index (χ3n) is 2.35. The summed E-state index contributed by atoms with van der Waals surface area (Å²) in [5.41, 5.74) is -10.6. The minimum Gasteiger partial charge on any atom is -0.424 e. The molecule has 154 valence electrons. The van der Waals surface area contributed by atoms with Crippen LogP contribution in [0, 0.1) is 0 Å². The van der Waals surface area contributed by atoms with E-state index in [-0.39, 0.29) is 22.4 Å². The summed E-state index contributed by atoms with van der Waals surface area (Å²) in [4.78, 5) is -2.03. The molecule has 0 saturated carbocycles. The smallest absolute Gasteiger partial charge is 0.424 e. The molecule has 0 atom stereocenters. The van der Waals surface area contributed by atoms with Crippen LogP contribution in [0.3, 0.4) is 0 Å². The van der Waals surface area contributed by atoms with Crippen LogP contribution in [-0.2, 0) is 54.8 Å². The molecule has 1 aromatic carbocycles. The van der Waals surface area contributed by atoms with Gasteiger partial charge in [0.2, 0.25) is 0 Å². The molecule has 0 heterocycles. The summed E-state index contributed by atoms with van der Waals surface area (Å²) >= 11 is 0. The van der Waals surface area contributed by atoms with Crippen LogP contribution in [0.25, 0.3) is 4.13 Å². The van der Waals surface area contributed by atoms with Gasteiger partial charge in [0.05, 0.1) is 16.0 Å². The van der Waals surface area contributed by atoms with E-state index >= 15 is 0 Å². The summed E-state index contributed by atoms with van der Waals surface area (Å²) < 4.78 is 157. The fraction of sp³-hybridized carbons (Fsp3) is 0.333. The van der Waals surface area contributed by atoms with Crippen molar-refractivity contribution in [2.24, 2.45) is 0 Å². The van der Waals surface area contributed by atoms with Crippen molar-refractivity contribution in [3.05, 3.63) is 33.5 Å². The van der Waals surface area contributed by atoms with Crippen molar-refractivity contribution in [3.8, 4) is 0 Å². The molecular weight excluding hydrogens is 529 g/mol. The molecule has 0 bridgehead atoms. The summed E-state index contributed by atoms with van der Waals surface area (Å²) in [5.74, 6) is 0. The number of hydrogen-bond acceptors (Lipinski definition) is 4. The van der Waals surface area contributed by atoms with Gasteiger partial charge in [-0.25, -0.2) is 16.8 Å². The molecule has 0 saturated heterocycles. The number of halogens is 9. The van der Waals surface area contributed by atoms with Crippen molar-refractivity contribution < 1.29 is 78.7 Å². The zero-order valence-corrected chi connectivity index (χ0v) is 14.4. The third kappa shape index (κ3) is 5.85. The molecule has 1 rings (SSSR count). The van der Waals surface area contributed by atoms with E-state index in [1.54, 1.807) is 0 Å². The fourth-order valence-corrected chi connectivity index (χ4v) is 3.56. The Kier molecular flexibility index (Phi) is 7.08. The number of hydrogen-bond donors (Lipinski definition) is 0. The van der Waals surface area contributed by atoms with Crippen molar-refractivity contribution in [1.82, 2.24) is 0 Å². The average molecular weight is 532 g/mol. The van der Waals surface area contributed by atoms with Crippen LogP contribution in [0.1, 0.15) is 11.1 Å². The van der Waals surface area contributed by atoms with Crippen LogP contribution < -0.4 is 0 Å². The second-order valence-electron chi connectivity index (χ2n) is 4.21. The van der Waals surface area contributed by atoms with Crippen molar-refractivity contribution >= 4 is 20.0 Å². The maximum Gasteiger partial charge on any atom is 1.00 e. The summed E-state index contributed by atoms with van der Waals surface area (Å²) in [6.45, 7) is 0. The Hall–Kier alpha value is -0.810. The standard InChI is InChI=1S/C9H3F9NO4S2.Ag/c10-7(11,12)4-1-5(8(13,14)15)3-6(2-4)24(20,21)19-25(22,23)9(16,17)18;/h1-3H;/q-1;+1. The van der Waals surface area contributed by atoms with E-state index in [4.69, 9.17) is 0 Å². The van der Waals surface area contributed by atoms with Crippen molar-refractivity contribution in [2.75, 3.05) is 0 Å². The molecular formula is C9H3AgF9NO4S2. The molecule has 0 amide bonds. The maximum atomic E-state index is 12.6. The van der Waals surface area contributed by atoms with E-state index < -0.39 is 72.1 Å². The van der Waals surface area contributed by atoms with E-state index in [1.165, 1.54) is 4.13 Å². The zero-order valence-electron chi connectivity index (χ0n) is 11.3. The Morgan fingerprint density at radius 3 is 1.31 bits per heavy atom. The van der Waals surface area contributed by atoms with Crippen molar-refractivity contribution in [2.45, 2.75) is 22.8 Å². The van der Waals surface area contributed by atoms with E-state index in [9.17, 15) is 56.3 Å². The Morgan fingerprint density at radius 2 is 1.04 bits per heavy atom. The summed E-state index contributed by atoms with van der Waals surface area (Å²) in [5, 5.41) is 0. The summed E-state index contributed by atoms with van der Waals surface area (Å²) in [7, 11) is -12.8. The van der Waals surface area contributed by atoms with Gasteiger partial charge < -0.3 is 4.13 Å². The number of rotatable bonds is 3. The number of benzene rings is 1. The number of nitrogens with zero attached hydrogens (tertiary/aromatic N) is 1. The van der Waals surface area contributed by atoms with Crippen LogP contribution in [0.4, 0.5) is 39.5 Å². The van der Waals surface area contributed by atoms with Crippen molar-refractivity contribution in [1.29, 1.82) is 0 Å². The SMILES string of the molecule is O=S(=O)([N-]S(=O)(=O)C(F)(F)F)c1cc(C(F)(F)F)cc(C(F)(F)F)c1.[Ag+]. The summed E-state index contributed by atoms with van der Waals surface area (Å²) in [6, 6.07) is -1.45. The first kappa shape index (κ1) is 25.2. The molecule has 0 radical (unpaired) electrons. The van der Waals surface area contributed by atoms with Gasteiger partial charge in [-0.05, 0) is 18.2 Å². The van der Waals surface area contributed by atoms with Crippen LogP contribution in [0.5, 0.6) is 0 Å². The number of sulfonamides is 2. The van der Waals surface area contributed by atoms with Gasteiger partial charge in [0.15, 0.2) is 10.0 Å². The Bertz CT molecular complexity index is 840.